The average molecular weight is 630 g/mol. The molecule has 0 bridgehead atoms. The van der Waals surface area contributed by atoms with E-state index in [1.807, 2.05) is 36.4 Å². The third kappa shape index (κ3) is 5.01. The molecule has 49 heavy (non-hydrogen) atoms. The minimum absolute atomic E-state index is 0.0487. The fourth-order valence-electron chi connectivity index (χ4n) is 7.72. The first-order valence-corrected chi connectivity index (χ1v) is 17.1. The SMILES string of the molecule is CC1(C)C2=C(C=CCC2)c2ccc(-c3ccc(-c4ccc5ccccc5c4-c4nc(-c5ccccc5)nc(-c5ccccc5)n4)cc3)cc21. The van der Waals surface area contributed by atoms with Gasteiger partial charge in [-0.15, -0.1) is 0 Å². The lowest BCUT2D eigenvalue weighted by atomic mass is 9.78. The Morgan fingerprint density at radius 1 is 0.510 bits per heavy atom. The predicted molar refractivity (Wildman–Crippen MR) is 203 cm³/mol. The summed E-state index contributed by atoms with van der Waals surface area (Å²) in [6.45, 7) is 4.77. The zero-order valence-corrected chi connectivity index (χ0v) is 27.7. The van der Waals surface area contributed by atoms with Crippen LogP contribution in [0.2, 0.25) is 0 Å². The summed E-state index contributed by atoms with van der Waals surface area (Å²) in [4.78, 5) is 15.3. The van der Waals surface area contributed by atoms with Crippen molar-refractivity contribution in [2.24, 2.45) is 0 Å². The lowest BCUT2D eigenvalue weighted by Crippen LogP contribution is -2.17. The van der Waals surface area contributed by atoms with E-state index in [1.165, 1.54) is 27.8 Å². The molecule has 1 aromatic heterocycles. The van der Waals surface area contributed by atoms with Crippen LogP contribution in [0.5, 0.6) is 0 Å². The summed E-state index contributed by atoms with van der Waals surface area (Å²) in [7, 11) is 0. The van der Waals surface area contributed by atoms with Gasteiger partial charge in [0.1, 0.15) is 0 Å². The van der Waals surface area contributed by atoms with Gasteiger partial charge in [0, 0.05) is 22.1 Å². The molecular weight excluding hydrogens is 595 g/mol. The van der Waals surface area contributed by atoms with Crippen LogP contribution in [-0.2, 0) is 5.41 Å². The number of benzene rings is 6. The smallest absolute Gasteiger partial charge is 0.165 e. The quantitative estimate of drug-likeness (QED) is 0.190. The van der Waals surface area contributed by atoms with Crippen LogP contribution >= 0.6 is 0 Å². The molecule has 0 N–H and O–H groups in total. The lowest BCUT2D eigenvalue weighted by Gasteiger charge is -2.26. The van der Waals surface area contributed by atoms with E-state index in [4.69, 9.17) is 15.0 Å². The van der Waals surface area contributed by atoms with Crippen molar-refractivity contribution in [2.45, 2.75) is 32.1 Å². The van der Waals surface area contributed by atoms with E-state index in [2.05, 4.69) is 129 Å². The van der Waals surface area contributed by atoms with Gasteiger partial charge in [0.15, 0.2) is 17.5 Å². The Labute approximate surface area is 287 Å². The standard InChI is InChI=1S/C46H35N3/c1-46(2)40-20-12-11-19-38(40)39-28-26-35(29-41(39)46)30-21-23-32(24-22-30)37-27-25-31-13-9-10-18-36(31)42(37)45-48-43(33-14-5-3-6-15-33)47-44(49-45)34-16-7-4-8-17-34/h3-11,13-19,21-29H,12,20H2,1-2H3. The third-order valence-electron chi connectivity index (χ3n) is 10.3. The fraction of sp³-hybridized carbons (Fsp3) is 0.109. The Balaban J connectivity index is 1.17. The van der Waals surface area contributed by atoms with Crippen molar-refractivity contribution in [2.75, 3.05) is 0 Å². The largest absolute Gasteiger partial charge is 0.208 e. The van der Waals surface area contributed by atoms with Crippen molar-refractivity contribution >= 4 is 16.3 Å². The first kappa shape index (κ1) is 29.2. The zero-order valence-electron chi connectivity index (χ0n) is 27.7. The van der Waals surface area contributed by atoms with Gasteiger partial charge in [-0.05, 0) is 68.6 Å². The van der Waals surface area contributed by atoms with Crippen LogP contribution in [0.3, 0.4) is 0 Å². The van der Waals surface area contributed by atoms with E-state index in [-0.39, 0.29) is 5.41 Å². The van der Waals surface area contributed by atoms with Crippen molar-refractivity contribution < 1.29 is 0 Å². The molecule has 1 heterocycles. The van der Waals surface area contributed by atoms with Crippen LogP contribution < -0.4 is 0 Å². The van der Waals surface area contributed by atoms with Gasteiger partial charge in [0.05, 0.1) is 0 Å². The monoisotopic (exact) mass is 629 g/mol. The number of fused-ring (bicyclic) bond motifs is 3. The minimum Gasteiger partial charge on any atom is -0.208 e. The van der Waals surface area contributed by atoms with E-state index >= 15 is 0 Å². The van der Waals surface area contributed by atoms with Gasteiger partial charge in [-0.2, -0.15) is 0 Å². The first-order valence-electron chi connectivity index (χ1n) is 17.1. The van der Waals surface area contributed by atoms with Crippen molar-refractivity contribution in [3.05, 3.63) is 168 Å². The summed E-state index contributed by atoms with van der Waals surface area (Å²) in [6, 6.07) is 49.3. The summed E-state index contributed by atoms with van der Waals surface area (Å²) < 4.78 is 0. The molecule has 234 valence electrons. The number of rotatable bonds is 5. The molecule has 3 heteroatoms. The van der Waals surface area contributed by atoms with Gasteiger partial charge in [0.25, 0.3) is 0 Å². The second-order valence-corrected chi connectivity index (χ2v) is 13.5. The van der Waals surface area contributed by atoms with Crippen molar-refractivity contribution in [1.82, 2.24) is 15.0 Å². The highest BCUT2D eigenvalue weighted by molar-refractivity contribution is 6.03. The molecule has 0 radical (unpaired) electrons. The summed E-state index contributed by atoms with van der Waals surface area (Å²) in [5, 5.41) is 2.26. The maximum atomic E-state index is 5.15. The van der Waals surface area contributed by atoms with Crippen molar-refractivity contribution in [3.8, 4) is 56.4 Å². The molecule has 0 amide bonds. The Morgan fingerprint density at radius 3 is 1.82 bits per heavy atom. The maximum Gasteiger partial charge on any atom is 0.165 e. The molecule has 0 saturated heterocycles. The van der Waals surface area contributed by atoms with E-state index in [1.54, 1.807) is 5.57 Å². The summed E-state index contributed by atoms with van der Waals surface area (Å²) in [6.07, 6.45) is 6.93. The molecule has 2 aliphatic rings. The Morgan fingerprint density at radius 2 is 1.10 bits per heavy atom. The van der Waals surface area contributed by atoms with Gasteiger partial charge in [-0.3, -0.25) is 0 Å². The highest BCUT2D eigenvalue weighted by Gasteiger charge is 2.37. The predicted octanol–water partition coefficient (Wildman–Crippen LogP) is 11.8. The molecule has 0 aliphatic heterocycles. The minimum atomic E-state index is 0.0487. The van der Waals surface area contributed by atoms with Crippen molar-refractivity contribution in [3.63, 3.8) is 0 Å². The highest BCUT2D eigenvalue weighted by atomic mass is 15.0. The third-order valence-corrected chi connectivity index (χ3v) is 10.3. The van der Waals surface area contributed by atoms with E-state index in [0.29, 0.717) is 17.5 Å². The average Bonchev–Trinajstić information content (AvgIpc) is 3.40. The maximum absolute atomic E-state index is 5.15. The van der Waals surface area contributed by atoms with Gasteiger partial charge >= 0.3 is 0 Å². The molecule has 3 nitrogen and oxygen atoms in total. The molecule has 6 aromatic carbocycles. The molecule has 0 atom stereocenters. The molecule has 0 saturated carbocycles. The molecule has 9 rings (SSSR count). The van der Waals surface area contributed by atoms with Gasteiger partial charge in [-0.25, -0.2) is 15.0 Å². The Hall–Kier alpha value is -5.93. The normalized spacial score (nSPS) is 14.6. The van der Waals surface area contributed by atoms with E-state index in [9.17, 15) is 0 Å². The van der Waals surface area contributed by atoms with Crippen LogP contribution in [0.4, 0.5) is 0 Å². The highest BCUT2D eigenvalue weighted by Crippen LogP contribution is 2.51. The van der Waals surface area contributed by atoms with Gasteiger partial charge < -0.3 is 0 Å². The van der Waals surface area contributed by atoms with Crippen LogP contribution in [0, 0.1) is 0 Å². The summed E-state index contributed by atoms with van der Waals surface area (Å²) in [5.41, 5.74) is 13.5. The zero-order chi connectivity index (χ0) is 33.0. The van der Waals surface area contributed by atoms with E-state index < -0.39 is 0 Å². The number of allylic oxidation sites excluding steroid dienone is 4. The number of aromatic nitrogens is 3. The van der Waals surface area contributed by atoms with Gasteiger partial charge in [-0.1, -0.05) is 165 Å². The number of hydrogen-bond acceptors (Lipinski definition) is 3. The van der Waals surface area contributed by atoms with Crippen molar-refractivity contribution in [1.29, 1.82) is 0 Å². The van der Waals surface area contributed by atoms with Crippen LogP contribution in [0.1, 0.15) is 37.8 Å². The number of hydrogen-bond donors (Lipinski definition) is 0. The molecule has 2 aliphatic carbocycles. The summed E-state index contributed by atoms with van der Waals surface area (Å²) in [5.74, 6) is 1.98. The Bertz CT molecular complexity index is 2380. The van der Waals surface area contributed by atoms with E-state index in [0.717, 1.165) is 51.4 Å². The molecule has 0 unspecified atom stereocenters. The lowest BCUT2D eigenvalue weighted by molar-refractivity contribution is 0.607. The van der Waals surface area contributed by atoms with Crippen LogP contribution in [0.25, 0.3) is 72.8 Å². The molecular formula is C46H35N3. The molecule has 0 spiro atoms. The molecule has 7 aromatic rings. The number of nitrogens with zero attached hydrogens (tertiary/aromatic N) is 3. The second kappa shape index (κ2) is 11.6. The first-order chi connectivity index (χ1) is 24.0. The summed E-state index contributed by atoms with van der Waals surface area (Å²) >= 11 is 0. The Kier molecular flexibility index (Phi) is 6.94. The van der Waals surface area contributed by atoms with Crippen LogP contribution in [-0.4, -0.2) is 15.0 Å². The second-order valence-electron chi connectivity index (χ2n) is 13.5. The van der Waals surface area contributed by atoms with Crippen LogP contribution in [0.15, 0.2) is 157 Å². The molecule has 0 fully saturated rings. The van der Waals surface area contributed by atoms with Gasteiger partial charge in [0.2, 0.25) is 0 Å². The topological polar surface area (TPSA) is 38.7 Å². The fourth-order valence-corrected chi connectivity index (χ4v) is 7.72.